The van der Waals surface area contributed by atoms with Crippen LogP contribution in [0.4, 0.5) is 4.79 Å². The van der Waals surface area contributed by atoms with E-state index in [1.54, 1.807) is 60.5 Å². The van der Waals surface area contributed by atoms with Crippen molar-refractivity contribution in [3.8, 4) is 17.2 Å². The molecular formula is C50H55N6O10P. The molecule has 5 aromatic carbocycles. The maximum atomic E-state index is 15.4. The zero-order valence-corrected chi connectivity index (χ0v) is 38.9. The van der Waals surface area contributed by atoms with E-state index in [4.69, 9.17) is 23.3 Å². The van der Waals surface area contributed by atoms with Gasteiger partial charge in [-0.15, -0.1) is 0 Å². The minimum absolute atomic E-state index is 0.113. The Hall–Kier alpha value is -6.71. The molecule has 0 spiro atoms. The van der Waals surface area contributed by atoms with Gasteiger partial charge < -0.3 is 38.7 Å². The quantitative estimate of drug-likeness (QED) is 0.0478. The number of aromatic amines is 2. The summed E-state index contributed by atoms with van der Waals surface area (Å²) in [4.78, 5) is 31.3. The Morgan fingerprint density at radius 2 is 1.24 bits per heavy atom. The maximum Gasteiger partial charge on any atom is 0.417 e. The maximum absolute atomic E-state index is 15.4. The third-order valence-electron chi connectivity index (χ3n) is 12.1. The van der Waals surface area contributed by atoms with Crippen LogP contribution < -0.4 is 14.0 Å². The number of hydrogen-bond donors (Lipinski definition) is 4. The summed E-state index contributed by atoms with van der Waals surface area (Å²) in [5, 5.41) is 40.8. The number of H-pyrrole nitrogens is 2. The minimum atomic E-state index is -4.14. The van der Waals surface area contributed by atoms with Gasteiger partial charge in [0.1, 0.15) is 29.5 Å². The van der Waals surface area contributed by atoms with E-state index in [1.165, 1.54) is 6.92 Å². The number of carbonyl (C=O) groups is 2. The van der Waals surface area contributed by atoms with Gasteiger partial charge in [0.2, 0.25) is 6.35 Å². The number of fused-ring (bicyclic) bond motifs is 2. The number of aromatic nitrogens is 4. The molecule has 17 heteroatoms. The second kappa shape index (κ2) is 20.4. The van der Waals surface area contributed by atoms with Gasteiger partial charge >= 0.3 is 19.6 Å². The van der Waals surface area contributed by atoms with E-state index < -0.39 is 50.3 Å². The first-order valence-corrected chi connectivity index (χ1v) is 23.9. The van der Waals surface area contributed by atoms with E-state index in [2.05, 4.69) is 20.4 Å². The number of aliphatic hydroxyl groups excluding tert-OH is 2. The number of aryl methyl sites for hydroxylation is 2. The lowest BCUT2D eigenvalue weighted by Gasteiger charge is -2.36. The summed E-state index contributed by atoms with van der Waals surface area (Å²) in [6.45, 7) is 7.11. The Morgan fingerprint density at radius 1 is 0.746 bits per heavy atom. The van der Waals surface area contributed by atoms with Gasteiger partial charge in [-0.1, -0.05) is 54.6 Å². The van der Waals surface area contributed by atoms with Crippen LogP contribution >= 0.6 is 7.60 Å². The Bertz CT molecular complexity index is 2850. The molecule has 1 unspecified atom stereocenters. The van der Waals surface area contributed by atoms with Crippen LogP contribution in [0.2, 0.25) is 0 Å². The Labute approximate surface area is 388 Å². The molecule has 0 aliphatic carbocycles. The number of rotatable bonds is 18. The van der Waals surface area contributed by atoms with Crippen molar-refractivity contribution in [2.75, 3.05) is 20.1 Å². The van der Waals surface area contributed by atoms with Crippen molar-refractivity contribution in [1.29, 1.82) is 0 Å². The highest BCUT2D eigenvalue weighted by Gasteiger charge is 2.46. The third kappa shape index (κ3) is 10.8. The second-order valence-corrected chi connectivity index (χ2v) is 18.7. The summed E-state index contributed by atoms with van der Waals surface area (Å²) < 4.78 is 42.7. The van der Waals surface area contributed by atoms with Crippen molar-refractivity contribution in [2.45, 2.75) is 84.0 Å². The number of hydrogen-bond acceptors (Lipinski definition) is 12. The summed E-state index contributed by atoms with van der Waals surface area (Å²) in [6, 6.07) is 29.3. The highest BCUT2D eigenvalue weighted by molar-refractivity contribution is 7.54. The predicted molar refractivity (Wildman–Crippen MR) is 252 cm³/mol. The molecule has 0 saturated carbocycles. The fourth-order valence-corrected chi connectivity index (χ4v) is 10.1. The SMILES string of the molecule is CCOC(=O)[C@H](C)OP(=O)(COc1ccc(C[C@@H]2[C@H](O)[C@@H](O)[C@@H](Cc3ccc(OC)cc3)N(Cc3ccc4[nH]ncc4c3)C(=O)N2Cc2ccc3[nH]ncc3c2)cc1)Oc1c(C)cccc1C. The first-order valence-electron chi connectivity index (χ1n) is 22.1. The fraction of sp³-hybridized carbons (Fsp3) is 0.320. The number of esters is 1. The average molecular weight is 931 g/mol. The largest absolute Gasteiger partial charge is 0.497 e. The molecule has 2 aromatic heterocycles. The standard InChI is InChI=1S/C50H55N6O10P/c1-6-63-49(59)33(4)65-67(61,66-48-31(2)8-7-9-32(48)3)30-64-41-18-12-35(13-19-41)25-45-47(58)46(57)44(24-34-10-16-40(62-5)17-11-34)55(28-36-14-20-42-38(22-36)26-51-53-42)50(60)56(45)29-37-15-21-43-39(23-37)27-52-54-43/h7-23,26-27,33,44-47,57-58H,6,24-25,28-30H2,1-5H3,(H,51,53)(H,52,54)/t33-,44+,45+,46-,47-,67?/m0/s1. The van der Waals surface area contributed by atoms with E-state index in [9.17, 15) is 19.6 Å². The van der Waals surface area contributed by atoms with Gasteiger partial charge in [-0.2, -0.15) is 10.2 Å². The number of amides is 2. The number of carbonyl (C=O) groups excluding carboxylic acids is 2. The summed E-state index contributed by atoms with van der Waals surface area (Å²) in [7, 11) is -2.55. The number of methoxy groups -OCH3 is 1. The summed E-state index contributed by atoms with van der Waals surface area (Å²) >= 11 is 0. The van der Waals surface area contributed by atoms with Gasteiger partial charge in [0.15, 0.2) is 6.10 Å². The lowest BCUT2D eigenvalue weighted by Crippen LogP contribution is -2.50. The van der Waals surface area contributed by atoms with Crippen LogP contribution in [0.25, 0.3) is 21.8 Å². The molecule has 1 saturated heterocycles. The zero-order valence-electron chi connectivity index (χ0n) is 38.0. The van der Waals surface area contributed by atoms with Crippen molar-refractivity contribution in [1.82, 2.24) is 30.2 Å². The molecule has 2 amide bonds. The predicted octanol–water partition coefficient (Wildman–Crippen LogP) is 8.02. The summed E-state index contributed by atoms with van der Waals surface area (Å²) in [6.07, 6.45) is -0.671. The molecule has 8 rings (SSSR count). The number of ether oxygens (including phenoxy) is 3. The number of nitrogens with one attached hydrogen (secondary N) is 2. The van der Waals surface area contributed by atoms with Crippen LogP contribution in [0.5, 0.6) is 17.2 Å². The number of aliphatic hydroxyl groups is 2. The fourth-order valence-electron chi connectivity index (χ4n) is 8.50. The molecule has 3 heterocycles. The van der Waals surface area contributed by atoms with Gasteiger partial charge in [0.25, 0.3) is 0 Å². The van der Waals surface area contributed by atoms with Crippen molar-refractivity contribution in [3.63, 3.8) is 0 Å². The van der Waals surface area contributed by atoms with E-state index in [0.29, 0.717) is 17.2 Å². The summed E-state index contributed by atoms with van der Waals surface area (Å²) in [5.41, 5.74) is 6.33. The Kier molecular flexibility index (Phi) is 14.3. The van der Waals surface area contributed by atoms with E-state index in [-0.39, 0.29) is 38.6 Å². The van der Waals surface area contributed by atoms with Crippen LogP contribution in [0.15, 0.2) is 116 Å². The van der Waals surface area contributed by atoms with E-state index >= 15 is 4.79 Å². The molecule has 7 aromatic rings. The molecular weight excluding hydrogens is 876 g/mol. The van der Waals surface area contributed by atoms with E-state index in [1.807, 2.05) is 92.7 Å². The van der Waals surface area contributed by atoms with Crippen LogP contribution in [-0.2, 0) is 44.6 Å². The normalized spacial score (nSPS) is 18.9. The molecule has 350 valence electrons. The lowest BCUT2D eigenvalue weighted by atomic mass is 9.90. The molecule has 67 heavy (non-hydrogen) atoms. The van der Waals surface area contributed by atoms with Crippen LogP contribution in [-0.4, -0.2) is 103 Å². The van der Waals surface area contributed by atoms with Gasteiger partial charge in [0.05, 0.1) is 49.2 Å². The lowest BCUT2D eigenvalue weighted by molar-refractivity contribution is -0.150. The van der Waals surface area contributed by atoms with Gasteiger partial charge in [-0.3, -0.25) is 14.7 Å². The molecule has 0 bridgehead atoms. The van der Waals surface area contributed by atoms with Gasteiger partial charge in [0, 0.05) is 23.9 Å². The van der Waals surface area contributed by atoms with Crippen molar-refractivity contribution in [3.05, 3.63) is 149 Å². The van der Waals surface area contributed by atoms with Crippen LogP contribution in [0, 0.1) is 13.8 Å². The number of benzene rings is 5. The molecule has 4 N–H and O–H groups in total. The first-order chi connectivity index (χ1) is 32.3. The molecule has 16 nitrogen and oxygen atoms in total. The molecule has 0 radical (unpaired) electrons. The third-order valence-corrected chi connectivity index (χ3v) is 13.6. The molecule has 6 atom stereocenters. The van der Waals surface area contributed by atoms with Crippen molar-refractivity contribution in [2.24, 2.45) is 0 Å². The van der Waals surface area contributed by atoms with Crippen molar-refractivity contribution < 1.29 is 47.6 Å². The summed E-state index contributed by atoms with van der Waals surface area (Å²) in [5.74, 6) is 0.658. The number of urea groups is 1. The topological polar surface area (TPSA) is 202 Å². The van der Waals surface area contributed by atoms with Gasteiger partial charge in [-0.05, 0) is 122 Å². The average Bonchev–Trinajstić information content (AvgIpc) is 4.00. The molecule has 1 aliphatic rings. The van der Waals surface area contributed by atoms with Crippen LogP contribution in [0.1, 0.15) is 47.2 Å². The van der Waals surface area contributed by atoms with Crippen molar-refractivity contribution >= 4 is 41.4 Å². The monoisotopic (exact) mass is 930 g/mol. The van der Waals surface area contributed by atoms with Gasteiger partial charge in [-0.25, -0.2) is 14.2 Å². The minimum Gasteiger partial charge on any atom is -0.497 e. The highest BCUT2D eigenvalue weighted by atomic mass is 31.2. The zero-order chi connectivity index (χ0) is 47.2. The molecule has 1 fully saturated rings. The Balaban J connectivity index is 1.10. The number of nitrogens with zero attached hydrogens (tertiary/aromatic N) is 4. The second-order valence-electron chi connectivity index (χ2n) is 16.8. The Morgan fingerprint density at radius 3 is 1.73 bits per heavy atom. The molecule has 1 aliphatic heterocycles. The highest BCUT2D eigenvalue weighted by Crippen LogP contribution is 2.51. The number of para-hydroxylation sites is 1. The first kappa shape index (κ1) is 46.8. The smallest absolute Gasteiger partial charge is 0.417 e. The van der Waals surface area contributed by atoms with E-state index in [0.717, 1.165) is 55.2 Å². The van der Waals surface area contributed by atoms with Crippen LogP contribution in [0.3, 0.4) is 0 Å².